The number of ether oxygens (including phenoxy) is 1. The van der Waals surface area contributed by atoms with Gasteiger partial charge in [-0.1, -0.05) is 24.3 Å². The van der Waals surface area contributed by atoms with Gasteiger partial charge in [-0.2, -0.15) is 0 Å². The van der Waals surface area contributed by atoms with Crippen LogP contribution in [0, 0.1) is 0 Å². The number of nitrogens with zero attached hydrogens (tertiary/aromatic N) is 1. The summed E-state index contributed by atoms with van der Waals surface area (Å²) in [6, 6.07) is 18.4. The van der Waals surface area contributed by atoms with Gasteiger partial charge in [0.2, 0.25) is 11.8 Å². The van der Waals surface area contributed by atoms with Crippen LogP contribution in [0.15, 0.2) is 65.7 Å². The number of carbonyl (C=O) groups is 2. The van der Waals surface area contributed by atoms with Crippen LogP contribution in [0.5, 0.6) is 11.5 Å². The van der Waals surface area contributed by atoms with Gasteiger partial charge in [-0.15, -0.1) is 0 Å². The summed E-state index contributed by atoms with van der Waals surface area (Å²) in [5, 5.41) is 15.6. The van der Waals surface area contributed by atoms with Crippen molar-refractivity contribution in [3.63, 3.8) is 0 Å². The molecule has 0 saturated carbocycles. The Labute approximate surface area is 185 Å². The molecule has 7 heteroatoms. The van der Waals surface area contributed by atoms with Crippen LogP contribution < -0.4 is 15.4 Å². The molecule has 1 aliphatic heterocycles. The normalized spacial score (nSPS) is 14.8. The first-order valence-electron chi connectivity index (χ1n) is 10.1. The van der Waals surface area contributed by atoms with E-state index in [1.807, 2.05) is 42.5 Å². The van der Waals surface area contributed by atoms with Crippen LogP contribution in [0.25, 0.3) is 0 Å². The molecule has 0 saturated heterocycles. The summed E-state index contributed by atoms with van der Waals surface area (Å²) in [4.78, 5) is 28.2. The monoisotopic (exact) mass is 429 g/mol. The zero-order valence-corrected chi connectivity index (χ0v) is 17.8. The van der Waals surface area contributed by atoms with Crippen LogP contribution in [-0.4, -0.2) is 30.2 Å². The van der Waals surface area contributed by atoms with E-state index < -0.39 is 5.92 Å². The highest BCUT2D eigenvalue weighted by Crippen LogP contribution is 2.34. The molecule has 0 fully saturated rings. The molecule has 1 heterocycles. The molecular formula is C25H23N3O4. The molecule has 7 nitrogen and oxygen atoms in total. The number of carbonyl (C=O) groups excluding carboxylic acids is 2. The number of fused-ring (bicyclic) bond motifs is 1. The third-order valence-corrected chi connectivity index (χ3v) is 5.18. The Kier molecular flexibility index (Phi) is 5.89. The Morgan fingerprint density at radius 3 is 2.72 bits per heavy atom. The number of aliphatic imine (C=N–C) groups is 1. The summed E-state index contributed by atoms with van der Waals surface area (Å²) >= 11 is 0. The third-order valence-electron chi connectivity index (χ3n) is 5.18. The predicted octanol–water partition coefficient (Wildman–Crippen LogP) is 4.39. The molecule has 0 aliphatic carbocycles. The van der Waals surface area contributed by atoms with E-state index in [9.17, 15) is 14.7 Å². The minimum absolute atomic E-state index is 0.0118. The van der Waals surface area contributed by atoms with E-state index in [0.717, 1.165) is 28.1 Å². The second-order valence-corrected chi connectivity index (χ2v) is 7.58. The van der Waals surface area contributed by atoms with Gasteiger partial charge < -0.3 is 20.5 Å². The van der Waals surface area contributed by atoms with Crippen molar-refractivity contribution >= 4 is 35.1 Å². The van der Waals surface area contributed by atoms with E-state index in [-0.39, 0.29) is 17.6 Å². The van der Waals surface area contributed by atoms with Crippen molar-refractivity contribution in [2.75, 3.05) is 17.7 Å². The van der Waals surface area contributed by atoms with Gasteiger partial charge in [-0.3, -0.25) is 14.6 Å². The standard InChI is InChI=1S/C25H23N3O4/c1-15(29)27-19-5-3-4-16(11-19)10-17-6-8-22-20(12-17)21(25(31)28-22)14-26-18-7-9-24(32-2)23(30)13-18/h3-9,11-14,21,30H,10H2,1-2H3,(H,27,29)(H,28,31). The van der Waals surface area contributed by atoms with Gasteiger partial charge in [-0.05, 0) is 53.4 Å². The van der Waals surface area contributed by atoms with Crippen LogP contribution in [0.4, 0.5) is 17.1 Å². The molecule has 162 valence electrons. The smallest absolute Gasteiger partial charge is 0.237 e. The highest BCUT2D eigenvalue weighted by molar-refractivity contribution is 6.12. The average molecular weight is 429 g/mol. The number of hydrogen-bond donors (Lipinski definition) is 3. The molecular weight excluding hydrogens is 406 g/mol. The number of hydrogen-bond acceptors (Lipinski definition) is 5. The van der Waals surface area contributed by atoms with Gasteiger partial charge in [0.05, 0.1) is 12.8 Å². The molecule has 3 aromatic carbocycles. The van der Waals surface area contributed by atoms with E-state index in [2.05, 4.69) is 15.6 Å². The molecule has 0 radical (unpaired) electrons. The zero-order chi connectivity index (χ0) is 22.7. The highest BCUT2D eigenvalue weighted by Gasteiger charge is 2.29. The number of benzene rings is 3. The van der Waals surface area contributed by atoms with Gasteiger partial charge in [0, 0.05) is 30.6 Å². The van der Waals surface area contributed by atoms with Crippen LogP contribution in [-0.2, 0) is 16.0 Å². The van der Waals surface area contributed by atoms with Gasteiger partial charge >= 0.3 is 0 Å². The number of aromatic hydroxyl groups is 1. The lowest BCUT2D eigenvalue weighted by molar-refractivity contribution is -0.116. The Balaban J connectivity index is 1.56. The topological polar surface area (TPSA) is 100 Å². The minimum atomic E-state index is -0.528. The van der Waals surface area contributed by atoms with E-state index in [4.69, 9.17) is 4.74 Å². The Bertz CT molecular complexity index is 1220. The molecule has 3 aromatic rings. The van der Waals surface area contributed by atoms with Gasteiger partial charge in [-0.25, -0.2) is 0 Å². The number of nitrogens with one attached hydrogen (secondary N) is 2. The Morgan fingerprint density at radius 1 is 1.16 bits per heavy atom. The number of amides is 2. The van der Waals surface area contributed by atoms with Crippen molar-refractivity contribution in [1.82, 2.24) is 0 Å². The molecule has 32 heavy (non-hydrogen) atoms. The first kappa shape index (κ1) is 21.1. The quantitative estimate of drug-likeness (QED) is 0.506. The molecule has 3 N–H and O–H groups in total. The van der Waals surface area contributed by atoms with Gasteiger partial charge in [0.15, 0.2) is 11.5 Å². The minimum Gasteiger partial charge on any atom is -0.504 e. The fourth-order valence-corrected chi connectivity index (χ4v) is 3.71. The lowest BCUT2D eigenvalue weighted by Gasteiger charge is -2.09. The average Bonchev–Trinajstić information content (AvgIpc) is 3.06. The van der Waals surface area contributed by atoms with Crippen LogP contribution >= 0.6 is 0 Å². The van der Waals surface area contributed by atoms with E-state index in [0.29, 0.717) is 17.9 Å². The summed E-state index contributed by atoms with van der Waals surface area (Å²) in [7, 11) is 1.48. The molecule has 1 unspecified atom stereocenters. The van der Waals surface area contributed by atoms with Crippen LogP contribution in [0.2, 0.25) is 0 Å². The van der Waals surface area contributed by atoms with Crippen LogP contribution in [0.1, 0.15) is 29.5 Å². The second kappa shape index (κ2) is 8.93. The largest absolute Gasteiger partial charge is 0.504 e. The summed E-state index contributed by atoms with van der Waals surface area (Å²) < 4.78 is 5.04. The van der Waals surface area contributed by atoms with E-state index in [1.54, 1.807) is 18.3 Å². The van der Waals surface area contributed by atoms with Crippen molar-refractivity contribution in [3.05, 3.63) is 77.4 Å². The van der Waals surface area contributed by atoms with Gasteiger partial charge in [0.1, 0.15) is 5.92 Å². The molecule has 1 atom stereocenters. The molecule has 0 spiro atoms. The number of rotatable bonds is 6. The fourth-order valence-electron chi connectivity index (χ4n) is 3.71. The van der Waals surface area contributed by atoms with Crippen molar-refractivity contribution in [1.29, 1.82) is 0 Å². The molecule has 1 aliphatic rings. The van der Waals surface area contributed by atoms with Crippen molar-refractivity contribution in [2.24, 2.45) is 4.99 Å². The number of methoxy groups -OCH3 is 1. The van der Waals surface area contributed by atoms with E-state index in [1.165, 1.54) is 20.1 Å². The molecule has 4 rings (SSSR count). The van der Waals surface area contributed by atoms with Crippen molar-refractivity contribution in [2.45, 2.75) is 19.3 Å². The van der Waals surface area contributed by atoms with Crippen molar-refractivity contribution < 1.29 is 19.4 Å². The zero-order valence-electron chi connectivity index (χ0n) is 17.8. The second-order valence-electron chi connectivity index (χ2n) is 7.58. The molecule has 0 bridgehead atoms. The first-order valence-corrected chi connectivity index (χ1v) is 10.1. The fraction of sp³-hybridized carbons (Fsp3) is 0.160. The lowest BCUT2D eigenvalue weighted by Crippen LogP contribution is -2.12. The summed E-state index contributed by atoms with van der Waals surface area (Å²) in [6.07, 6.45) is 2.24. The SMILES string of the molecule is COc1ccc(N=CC2C(=O)Nc3ccc(Cc4cccc(NC(C)=O)c4)cc32)cc1O. The Morgan fingerprint density at radius 2 is 1.97 bits per heavy atom. The summed E-state index contributed by atoms with van der Waals surface area (Å²) in [5.74, 6) is -0.440. The van der Waals surface area contributed by atoms with E-state index >= 15 is 0 Å². The summed E-state index contributed by atoms with van der Waals surface area (Å²) in [6.45, 7) is 1.48. The number of phenolic OH excluding ortho intramolecular Hbond substituents is 1. The molecule has 0 aromatic heterocycles. The first-order chi connectivity index (χ1) is 15.4. The van der Waals surface area contributed by atoms with Gasteiger partial charge in [0.25, 0.3) is 0 Å². The summed E-state index contributed by atoms with van der Waals surface area (Å²) in [5.41, 5.74) is 4.98. The van der Waals surface area contributed by atoms with Crippen LogP contribution in [0.3, 0.4) is 0 Å². The maximum atomic E-state index is 12.5. The highest BCUT2D eigenvalue weighted by atomic mass is 16.5. The van der Waals surface area contributed by atoms with Crippen molar-refractivity contribution in [3.8, 4) is 11.5 Å². The molecule has 2 amide bonds. The maximum Gasteiger partial charge on any atom is 0.237 e. The number of anilines is 2. The number of phenols is 1. The Hall–Kier alpha value is -4.13. The maximum absolute atomic E-state index is 12.5. The predicted molar refractivity (Wildman–Crippen MR) is 124 cm³/mol. The lowest BCUT2D eigenvalue weighted by atomic mass is 9.96. The third kappa shape index (κ3) is 4.62.